The molecular weight excluding hydrogens is 336 g/mol. The van der Waals surface area contributed by atoms with E-state index in [0.29, 0.717) is 19.5 Å². The Morgan fingerprint density at radius 2 is 1.85 bits per heavy atom. The number of aryl methyl sites for hydroxylation is 1. The first-order valence-electron chi connectivity index (χ1n) is 9.90. The van der Waals surface area contributed by atoms with Gasteiger partial charge in [-0.25, -0.2) is 0 Å². The van der Waals surface area contributed by atoms with Crippen LogP contribution < -0.4 is 5.32 Å². The lowest BCUT2D eigenvalue weighted by molar-refractivity contribution is -0.129. The largest absolute Gasteiger partial charge is 0.349 e. The summed E-state index contributed by atoms with van der Waals surface area (Å²) in [5.74, 6) is -0.121. The summed E-state index contributed by atoms with van der Waals surface area (Å²) >= 11 is 0. The van der Waals surface area contributed by atoms with Crippen molar-refractivity contribution in [2.75, 3.05) is 13.1 Å². The van der Waals surface area contributed by atoms with Crippen LogP contribution in [0.4, 0.5) is 0 Å². The zero-order valence-electron chi connectivity index (χ0n) is 15.6. The molecule has 27 heavy (non-hydrogen) atoms. The molecular formula is C23H26N2O2. The standard InChI is InChI=1S/C23H26N2O2/c26-22-15-19(16-25(22)14-13-17-7-2-1-3-8-17)23(27)24-21-12-6-10-18-9-4-5-11-20(18)21/h1-5,7-9,11,19,21H,6,10,12-16H2,(H,24,27)/t19-,21-/m0/s1. The Balaban J connectivity index is 1.34. The van der Waals surface area contributed by atoms with Crippen molar-refractivity contribution in [2.24, 2.45) is 5.92 Å². The van der Waals surface area contributed by atoms with Crippen LogP contribution in [0.3, 0.4) is 0 Å². The van der Waals surface area contributed by atoms with E-state index >= 15 is 0 Å². The summed E-state index contributed by atoms with van der Waals surface area (Å²) in [5.41, 5.74) is 3.79. The van der Waals surface area contributed by atoms with Crippen LogP contribution in [0.2, 0.25) is 0 Å². The van der Waals surface area contributed by atoms with Crippen molar-refractivity contribution in [1.82, 2.24) is 10.2 Å². The first-order chi connectivity index (χ1) is 13.2. The summed E-state index contributed by atoms with van der Waals surface area (Å²) in [6.45, 7) is 1.21. The van der Waals surface area contributed by atoms with Crippen LogP contribution in [0.1, 0.15) is 42.0 Å². The smallest absolute Gasteiger partial charge is 0.225 e. The maximum Gasteiger partial charge on any atom is 0.225 e. The van der Waals surface area contributed by atoms with Gasteiger partial charge in [-0.2, -0.15) is 0 Å². The highest BCUT2D eigenvalue weighted by atomic mass is 16.2. The molecule has 0 spiro atoms. The maximum absolute atomic E-state index is 12.8. The molecule has 0 saturated carbocycles. The summed E-state index contributed by atoms with van der Waals surface area (Å²) in [7, 11) is 0. The van der Waals surface area contributed by atoms with Crippen molar-refractivity contribution < 1.29 is 9.59 Å². The molecule has 0 aromatic heterocycles. The van der Waals surface area contributed by atoms with E-state index in [1.807, 2.05) is 29.2 Å². The van der Waals surface area contributed by atoms with Crippen LogP contribution in [0, 0.1) is 5.92 Å². The molecule has 0 unspecified atom stereocenters. The lowest BCUT2D eigenvalue weighted by Gasteiger charge is -2.27. The Morgan fingerprint density at radius 3 is 2.70 bits per heavy atom. The second-order valence-corrected chi connectivity index (χ2v) is 7.63. The molecule has 1 N–H and O–H groups in total. The number of amides is 2. The van der Waals surface area contributed by atoms with Crippen LogP contribution in [0.25, 0.3) is 0 Å². The molecule has 1 aliphatic carbocycles. The van der Waals surface area contributed by atoms with Gasteiger partial charge < -0.3 is 10.2 Å². The van der Waals surface area contributed by atoms with Crippen molar-refractivity contribution in [3.63, 3.8) is 0 Å². The predicted octanol–water partition coefficient (Wildman–Crippen LogP) is 3.27. The Morgan fingerprint density at radius 1 is 1.07 bits per heavy atom. The summed E-state index contributed by atoms with van der Waals surface area (Å²) in [5, 5.41) is 3.21. The molecule has 1 heterocycles. The Kier molecular flexibility index (Phi) is 5.23. The Bertz CT molecular complexity index is 818. The van der Waals surface area contributed by atoms with Crippen molar-refractivity contribution in [1.29, 1.82) is 0 Å². The number of nitrogens with zero attached hydrogens (tertiary/aromatic N) is 1. The van der Waals surface area contributed by atoms with Gasteiger partial charge in [-0.05, 0) is 42.4 Å². The number of hydrogen-bond donors (Lipinski definition) is 1. The quantitative estimate of drug-likeness (QED) is 0.887. The first kappa shape index (κ1) is 17.8. The third-order valence-electron chi connectivity index (χ3n) is 5.78. The molecule has 2 aliphatic rings. The molecule has 0 radical (unpaired) electrons. The normalized spacial score (nSPS) is 21.8. The zero-order chi connectivity index (χ0) is 18.6. The third-order valence-corrected chi connectivity index (χ3v) is 5.78. The van der Waals surface area contributed by atoms with Gasteiger partial charge in [0.25, 0.3) is 0 Å². The predicted molar refractivity (Wildman–Crippen MR) is 105 cm³/mol. The van der Waals surface area contributed by atoms with Gasteiger partial charge in [0.15, 0.2) is 0 Å². The Hall–Kier alpha value is -2.62. The maximum atomic E-state index is 12.8. The van der Waals surface area contributed by atoms with Crippen LogP contribution in [0.5, 0.6) is 0 Å². The molecule has 1 saturated heterocycles. The Labute approximate surface area is 160 Å². The number of likely N-dealkylation sites (tertiary alicyclic amines) is 1. The molecule has 2 amide bonds. The number of rotatable bonds is 5. The molecule has 4 rings (SSSR count). The van der Waals surface area contributed by atoms with Gasteiger partial charge in [0, 0.05) is 19.5 Å². The second kappa shape index (κ2) is 7.95. The minimum Gasteiger partial charge on any atom is -0.349 e. The summed E-state index contributed by atoms with van der Waals surface area (Å²) in [4.78, 5) is 27.0. The van der Waals surface area contributed by atoms with Gasteiger partial charge in [0.2, 0.25) is 11.8 Å². The number of fused-ring (bicyclic) bond motifs is 1. The highest BCUT2D eigenvalue weighted by molar-refractivity contribution is 5.89. The highest BCUT2D eigenvalue weighted by Crippen LogP contribution is 2.30. The van der Waals surface area contributed by atoms with Crippen LogP contribution >= 0.6 is 0 Å². The van der Waals surface area contributed by atoms with E-state index in [1.54, 1.807) is 0 Å². The van der Waals surface area contributed by atoms with E-state index in [-0.39, 0.29) is 23.8 Å². The molecule has 2 aromatic rings. The highest BCUT2D eigenvalue weighted by Gasteiger charge is 2.35. The molecule has 4 heteroatoms. The van der Waals surface area contributed by atoms with E-state index in [2.05, 4.69) is 35.6 Å². The molecule has 1 aliphatic heterocycles. The number of benzene rings is 2. The van der Waals surface area contributed by atoms with E-state index in [1.165, 1.54) is 16.7 Å². The fourth-order valence-electron chi connectivity index (χ4n) is 4.27. The van der Waals surface area contributed by atoms with Gasteiger partial charge in [-0.3, -0.25) is 9.59 Å². The van der Waals surface area contributed by atoms with Crippen molar-refractivity contribution in [2.45, 2.75) is 38.1 Å². The molecule has 2 atom stereocenters. The van der Waals surface area contributed by atoms with Gasteiger partial charge in [0.1, 0.15) is 0 Å². The average Bonchev–Trinajstić information content (AvgIpc) is 3.08. The van der Waals surface area contributed by atoms with E-state index in [0.717, 1.165) is 25.7 Å². The van der Waals surface area contributed by atoms with Crippen molar-refractivity contribution >= 4 is 11.8 Å². The van der Waals surface area contributed by atoms with Crippen molar-refractivity contribution in [3.05, 3.63) is 71.3 Å². The number of carbonyl (C=O) groups is 2. The molecule has 140 valence electrons. The molecule has 2 aromatic carbocycles. The van der Waals surface area contributed by atoms with Gasteiger partial charge >= 0.3 is 0 Å². The topological polar surface area (TPSA) is 49.4 Å². The summed E-state index contributed by atoms with van der Waals surface area (Å²) in [6, 6.07) is 18.6. The van der Waals surface area contributed by atoms with Gasteiger partial charge in [0.05, 0.1) is 12.0 Å². The fourth-order valence-corrected chi connectivity index (χ4v) is 4.27. The van der Waals surface area contributed by atoms with Gasteiger partial charge in [-0.1, -0.05) is 54.6 Å². The first-order valence-corrected chi connectivity index (χ1v) is 9.90. The van der Waals surface area contributed by atoms with E-state index in [4.69, 9.17) is 0 Å². The van der Waals surface area contributed by atoms with Crippen LogP contribution in [0.15, 0.2) is 54.6 Å². The van der Waals surface area contributed by atoms with Crippen molar-refractivity contribution in [3.8, 4) is 0 Å². The SMILES string of the molecule is O=C(N[C@H]1CCCc2ccccc21)[C@H]1CC(=O)N(CCc2ccccc2)C1. The minimum atomic E-state index is -0.234. The minimum absolute atomic E-state index is 0.0206. The lowest BCUT2D eigenvalue weighted by Crippen LogP contribution is -2.37. The number of nitrogens with one attached hydrogen (secondary N) is 1. The molecule has 0 bridgehead atoms. The zero-order valence-corrected chi connectivity index (χ0v) is 15.6. The third kappa shape index (κ3) is 4.05. The number of hydrogen-bond acceptors (Lipinski definition) is 2. The lowest BCUT2D eigenvalue weighted by atomic mass is 9.87. The summed E-state index contributed by atoms with van der Waals surface area (Å²) < 4.78 is 0. The van der Waals surface area contributed by atoms with Crippen LogP contribution in [-0.2, 0) is 22.4 Å². The molecule has 4 nitrogen and oxygen atoms in total. The summed E-state index contributed by atoms with van der Waals surface area (Å²) in [6.07, 6.45) is 4.31. The number of carbonyl (C=O) groups excluding carboxylic acids is 2. The molecule has 1 fully saturated rings. The van der Waals surface area contributed by atoms with Gasteiger partial charge in [-0.15, -0.1) is 0 Å². The van der Waals surface area contributed by atoms with E-state index < -0.39 is 0 Å². The average molecular weight is 362 g/mol. The fraction of sp³-hybridized carbons (Fsp3) is 0.391. The van der Waals surface area contributed by atoms with Crippen LogP contribution in [-0.4, -0.2) is 29.8 Å². The monoisotopic (exact) mass is 362 g/mol. The van der Waals surface area contributed by atoms with E-state index in [9.17, 15) is 9.59 Å². The second-order valence-electron chi connectivity index (χ2n) is 7.63.